The minimum absolute atomic E-state index is 0.113. The zero-order valence-corrected chi connectivity index (χ0v) is 6.78. The number of hydrogen-bond acceptors (Lipinski definition) is 3. The van der Waals surface area contributed by atoms with Gasteiger partial charge in [0.1, 0.15) is 5.76 Å². The van der Waals surface area contributed by atoms with Gasteiger partial charge in [0.2, 0.25) is 5.91 Å². The van der Waals surface area contributed by atoms with Gasteiger partial charge in [-0.3, -0.25) is 4.79 Å². The second-order valence-corrected chi connectivity index (χ2v) is 2.16. The van der Waals surface area contributed by atoms with Gasteiger partial charge in [0.25, 0.3) is 0 Å². The number of nitrogens with one attached hydrogen (secondary N) is 1. The lowest BCUT2D eigenvalue weighted by Gasteiger charge is -1.91. The lowest BCUT2D eigenvalue weighted by molar-refractivity contribution is -0.120. The summed E-state index contributed by atoms with van der Waals surface area (Å²) in [6.45, 7) is 1.76. The first kappa shape index (κ1) is 8.52. The van der Waals surface area contributed by atoms with E-state index in [9.17, 15) is 4.79 Å². The maximum absolute atomic E-state index is 10.7. The van der Waals surface area contributed by atoms with Gasteiger partial charge in [0.05, 0.1) is 12.5 Å². The summed E-state index contributed by atoms with van der Waals surface area (Å²) >= 11 is 0. The van der Waals surface area contributed by atoms with Gasteiger partial charge in [0, 0.05) is 6.42 Å². The van der Waals surface area contributed by atoms with E-state index in [1.54, 1.807) is 25.3 Å². The molecule has 4 nitrogen and oxygen atoms in total. The second kappa shape index (κ2) is 4.33. The van der Waals surface area contributed by atoms with E-state index in [0.29, 0.717) is 12.2 Å². The summed E-state index contributed by atoms with van der Waals surface area (Å²) in [6.07, 6.45) is 3.42. The van der Waals surface area contributed by atoms with E-state index in [4.69, 9.17) is 4.42 Å². The minimum Gasteiger partial charge on any atom is -0.463 e. The Kier molecular flexibility index (Phi) is 3.07. The number of carbonyl (C=O) groups is 1. The highest BCUT2D eigenvalue weighted by Crippen LogP contribution is 1.94. The van der Waals surface area contributed by atoms with E-state index in [-0.39, 0.29) is 5.91 Å². The standard InChI is InChI=1S/C8H10N2O2/c1-2-8(11)10-9-6-7-4-3-5-12-7/h3-6H,2H2,1H3,(H,10,11)/b9-6-. The van der Waals surface area contributed by atoms with Gasteiger partial charge in [-0.1, -0.05) is 6.92 Å². The molecule has 64 valence electrons. The van der Waals surface area contributed by atoms with Crippen molar-refractivity contribution >= 4 is 12.1 Å². The molecule has 12 heavy (non-hydrogen) atoms. The van der Waals surface area contributed by atoms with Crippen LogP contribution in [0.1, 0.15) is 19.1 Å². The van der Waals surface area contributed by atoms with E-state index in [1.807, 2.05) is 0 Å². The highest BCUT2D eigenvalue weighted by Gasteiger charge is 1.92. The van der Waals surface area contributed by atoms with Crippen LogP contribution in [0, 0.1) is 0 Å². The molecule has 1 heterocycles. The Bertz CT molecular complexity index is 265. The lowest BCUT2D eigenvalue weighted by Crippen LogP contribution is -2.15. The predicted octanol–water partition coefficient (Wildman–Crippen LogP) is 1.14. The molecule has 1 amide bonds. The van der Waals surface area contributed by atoms with Crippen LogP contribution < -0.4 is 5.43 Å². The summed E-state index contributed by atoms with van der Waals surface area (Å²) in [5.41, 5.74) is 2.34. The fourth-order valence-corrected chi connectivity index (χ4v) is 0.612. The van der Waals surface area contributed by atoms with Crippen molar-refractivity contribution in [3.8, 4) is 0 Å². The van der Waals surface area contributed by atoms with E-state index in [1.165, 1.54) is 6.21 Å². The van der Waals surface area contributed by atoms with Gasteiger partial charge in [-0.2, -0.15) is 5.10 Å². The molecule has 1 rings (SSSR count). The van der Waals surface area contributed by atoms with Crippen molar-refractivity contribution in [3.63, 3.8) is 0 Å². The third-order valence-electron chi connectivity index (χ3n) is 1.25. The summed E-state index contributed by atoms with van der Waals surface area (Å²) in [7, 11) is 0. The Morgan fingerprint density at radius 3 is 3.25 bits per heavy atom. The molecule has 0 aliphatic heterocycles. The fourth-order valence-electron chi connectivity index (χ4n) is 0.612. The molecule has 0 bridgehead atoms. The molecule has 0 aliphatic rings. The quantitative estimate of drug-likeness (QED) is 0.540. The highest BCUT2D eigenvalue weighted by atomic mass is 16.3. The van der Waals surface area contributed by atoms with E-state index < -0.39 is 0 Å². The summed E-state index contributed by atoms with van der Waals surface area (Å²) in [5, 5.41) is 3.67. The molecule has 0 unspecified atom stereocenters. The van der Waals surface area contributed by atoms with Crippen LogP contribution in [0.25, 0.3) is 0 Å². The summed E-state index contributed by atoms with van der Waals surface area (Å²) in [4.78, 5) is 10.7. The molecule has 0 saturated carbocycles. The van der Waals surface area contributed by atoms with E-state index in [2.05, 4.69) is 10.5 Å². The number of rotatable bonds is 3. The van der Waals surface area contributed by atoms with Crippen LogP contribution in [0.5, 0.6) is 0 Å². The third-order valence-corrected chi connectivity index (χ3v) is 1.25. The summed E-state index contributed by atoms with van der Waals surface area (Å²) < 4.78 is 4.95. The summed E-state index contributed by atoms with van der Waals surface area (Å²) in [5.74, 6) is 0.504. The molecule has 0 spiro atoms. The average molecular weight is 166 g/mol. The maximum atomic E-state index is 10.7. The SMILES string of the molecule is CCC(=O)N/N=C\c1ccco1. The van der Waals surface area contributed by atoms with E-state index in [0.717, 1.165) is 0 Å². The Morgan fingerprint density at radius 2 is 2.67 bits per heavy atom. The molecule has 0 aliphatic carbocycles. The first-order chi connectivity index (χ1) is 5.83. The van der Waals surface area contributed by atoms with Gasteiger partial charge in [-0.25, -0.2) is 5.43 Å². The number of hydrogen-bond donors (Lipinski definition) is 1. The lowest BCUT2D eigenvalue weighted by atomic mass is 10.5. The number of nitrogens with zero attached hydrogens (tertiary/aromatic N) is 1. The van der Waals surface area contributed by atoms with Gasteiger partial charge in [0.15, 0.2) is 0 Å². The Hall–Kier alpha value is -1.58. The van der Waals surface area contributed by atoms with Gasteiger partial charge in [-0.15, -0.1) is 0 Å². The van der Waals surface area contributed by atoms with Crippen LogP contribution in [0.3, 0.4) is 0 Å². The van der Waals surface area contributed by atoms with Crippen molar-refractivity contribution < 1.29 is 9.21 Å². The predicted molar refractivity (Wildman–Crippen MR) is 44.7 cm³/mol. The van der Waals surface area contributed by atoms with Crippen molar-refractivity contribution in [1.82, 2.24) is 5.43 Å². The molecule has 1 N–H and O–H groups in total. The van der Waals surface area contributed by atoms with Crippen LogP contribution in [-0.2, 0) is 4.79 Å². The Balaban J connectivity index is 2.37. The molecule has 0 saturated heterocycles. The molecule has 1 aromatic heterocycles. The second-order valence-electron chi connectivity index (χ2n) is 2.16. The average Bonchev–Trinajstić information content (AvgIpc) is 2.57. The molecule has 4 heteroatoms. The van der Waals surface area contributed by atoms with Crippen molar-refractivity contribution in [2.45, 2.75) is 13.3 Å². The fraction of sp³-hybridized carbons (Fsp3) is 0.250. The van der Waals surface area contributed by atoms with Crippen molar-refractivity contribution in [2.75, 3.05) is 0 Å². The third kappa shape index (κ3) is 2.57. The molecular weight excluding hydrogens is 156 g/mol. The molecule has 1 aromatic rings. The first-order valence-corrected chi connectivity index (χ1v) is 3.68. The molecule has 0 aromatic carbocycles. The van der Waals surface area contributed by atoms with Crippen molar-refractivity contribution in [3.05, 3.63) is 24.2 Å². The molecular formula is C8H10N2O2. The molecule has 0 fully saturated rings. The van der Waals surface area contributed by atoms with Crippen molar-refractivity contribution in [2.24, 2.45) is 5.10 Å². The Morgan fingerprint density at radius 1 is 1.83 bits per heavy atom. The molecule has 0 radical (unpaired) electrons. The highest BCUT2D eigenvalue weighted by molar-refractivity contribution is 5.79. The van der Waals surface area contributed by atoms with Crippen LogP contribution in [0.15, 0.2) is 27.9 Å². The summed E-state index contributed by atoms with van der Waals surface area (Å²) in [6, 6.07) is 3.50. The zero-order chi connectivity index (χ0) is 8.81. The monoisotopic (exact) mass is 166 g/mol. The van der Waals surface area contributed by atoms with Gasteiger partial charge >= 0.3 is 0 Å². The van der Waals surface area contributed by atoms with Crippen LogP contribution in [0.4, 0.5) is 0 Å². The largest absolute Gasteiger partial charge is 0.463 e. The number of amides is 1. The van der Waals surface area contributed by atoms with Crippen molar-refractivity contribution in [1.29, 1.82) is 0 Å². The maximum Gasteiger partial charge on any atom is 0.239 e. The first-order valence-electron chi connectivity index (χ1n) is 3.68. The zero-order valence-electron chi connectivity index (χ0n) is 6.78. The topological polar surface area (TPSA) is 54.6 Å². The minimum atomic E-state index is -0.113. The normalized spacial score (nSPS) is 10.4. The number of furan rings is 1. The van der Waals surface area contributed by atoms with Crippen LogP contribution >= 0.6 is 0 Å². The Labute approximate surface area is 70.3 Å². The van der Waals surface area contributed by atoms with Crippen LogP contribution in [0.2, 0.25) is 0 Å². The van der Waals surface area contributed by atoms with Crippen LogP contribution in [-0.4, -0.2) is 12.1 Å². The smallest absolute Gasteiger partial charge is 0.239 e. The van der Waals surface area contributed by atoms with Gasteiger partial charge < -0.3 is 4.42 Å². The van der Waals surface area contributed by atoms with E-state index >= 15 is 0 Å². The number of hydrazone groups is 1. The van der Waals surface area contributed by atoms with Gasteiger partial charge in [-0.05, 0) is 12.1 Å². The number of carbonyl (C=O) groups excluding carboxylic acids is 1. The molecule has 0 atom stereocenters.